The van der Waals surface area contributed by atoms with Crippen LogP contribution in [0.2, 0.25) is 5.02 Å². The molecule has 0 radical (unpaired) electrons. The number of aryl methyl sites for hydroxylation is 1. The van der Waals surface area contributed by atoms with Gasteiger partial charge in [-0.25, -0.2) is 0 Å². The Bertz CT molecular complexity index is 697. The molecule has 3 rings (SSSR count). The Kier molecular flexibility index (Phi) is 3.86. The van der Waals surface area contributed by atoms with E-state index >= 15 is 0 Å². The minimum atomic E-state index is 0.417. The molecular weight excluding hydrogens is 280 g/mol. The summed E-state index contributed by atoms with van der Waals surface area (Å²) in [5.41, 5.74) is 3.95. The van der Waals surface area contributed by atoms with E-state index in [-0.39, 0.29) is 0 Å². The number of benzene rings is 2. The van der Waals surface area contributed by atoms with Gasteiger partial charge in [0.2, 0.25) is 0 Å². The Balaban J connectivity index is 1.67. The van der Waals surface area contributed by atoms with Crippen molar-refractivity contribution >= 4 is 17.3 Å². The van der Waals surface area contributed by atoms with Crippen LogP contribution in [0.5, 0.6) is 0 Å². The number of halogens is 1. The number of hydrogen-bond acceptors (Lipinski definition) is 2. The molecule has 0 amide bonds. The van der Waals surface area contributed by atoms with Crippen molar-refractivity contribution in [2.45, 2.75) is 31.7 Å². The van der Waals surface area contributed by atoms with Gasteiger partial charge in [0.25, 0.3) is 0 Å². The third-order valence-electron chi connectivity index (χ3n) is 4.23. The van der Waals surface area contributed by atoms with Crippen molar-refractivity contribution in [1.82, 2.24) is 0 Å². The van der Waals surface area contributed by atoms with E-state index in [1.54, 1.807) is 0 Å². The molecule has 1 fully saturated rings. The Morgan fingerprint density at radius 2 is 1.90 bits per heavy atom. The number of anilines is 1. The first-order valence-electron chi connectivity index (χ1n) is 7.19. The molecule has 0 atom stereocenters. The summed E-state index contributed by atoms with van der Waals surface area (Å²) < 4.78 is 0. The maximum absolute atomic E-state index is 9.26. The molecule has 1 N–H and O–H groups in total. The number of nitrogens with one attached hydrogen (secondary N) is 1. The summed E-state index contributed by atoms with van der Waals surface area (Å²) in [7, 11) is 0. The van der Waals surface area contributed by atoms with Gasteiger partial charge in [-0.3, -0.25) is 0 Å². The molecule has 1 aliphatic rings. The van der Waals surface area contributed by atoms with Gasteiger partial charge in [-0.1, -0.05) is 41.9 Å². The molecule has 1 saturated carbocycles. The van der Waals surface area contributed by atoms with Crippen molar-refractivity contribution in [1.29, 1.82) is 5.26 Å². The van der Waals surface area contributed by atoms with E-state index in [0.29, 0.717) is 12.0 Å². The monoisotopic (exact) mass is 296 g/mol. The van der Waals surface area contributed by atoms with E-state index in [0.717, 1.165) is 34.7 Å². The molecule has 0 aliphatic heterocycles. The number of hydrogen-bond donors (Lipinski definition) is 1. The molecule has 0 unspecified atom stereocenters. The van der Waals surface area contributed by atoms with Gasteiger partial charge in [-0.2, -0.15) is 5.26 Å². The topological polar surface area (TPSA) is 35.8 Å². The highest BCUT2D eigenvalue weighted by molar-refractivity contribution is 6.31. The second kappa shape index (κ2) is 5.79. The third kappa shape index (κ3) is 2.75. The zero-order valence-electron chi connectivity index (χ0n) is 11.9. The quantitative estimate of drug-likeness (QED) is 0.876. The van der Waals surface area contributed by atoms with Crippen molar-refractivity contribution in [3.8, 4) is 6.07 Å². The average Bonchev–Trinajstić information content (AvgIpc) is 2.44. The first-order valence-corrected chi connectivity index (χ1v) is 7.57. The van der Waals surface area contributed by atoms with Gasteiger partial charge < -0.3 is 5.32 Å². The molecular formula is C18H17ClN2. The van der Waals surface area contributed by atoms with Gasteiger partial charge in [-0.15, -0.1) is 0 Å². The molecule has 0 saturated heterocycles. The molecule has 2 aromatic rings. The highest BCUT2D eigenvalue weighted by atomic mass is 35.5. The van der Waals surface area contributed by atoms with Gasteiger partial charge in [-0.05, 0) is 48.9 Å². The van der Waals surface area contributed by atoms with Crippen molar-refractivity contribution in [3.05, 3.63) is 64.2 Å². The lowest BCUT2D eigenvalue weighted by atomic mass is 9.75. The SMILES string of the molecule is Cc1cccc(NC2CC(c3ccccc3Cl)C2)c1C#N. The van der Waals surface area contributed by atoms with Crippen LogP contribution in [0.25, 0.3) is 0 Å². The Labute approximate surface area is 130 Å². The van der Waals surface area contributed by atoms with Crippen LogP contribution in [-0.4, -0.2) is 6.04 Å². The first kappa shape index (κ1) is 14.0. The van der Waals surface area contributed by atoms with Crippen LogP contribution in [-0.2, 0) is 0 Å². The zero-order chi connectivity index (χ0) is 14.8. The largest absolute Gasteiger partial charge is 0.381 e. The standard InChI is InChI=1S/C18H17ClN2/c1-12-5-4-8-18(16(12)11-20)21-14-9-13(10-14)15-6-2-3-7-17(15)19/h2-8,13-14,21H,9-10H2,1H3. The fourth-order valence-electron chi connectivity index (χ4n) is 2.95. The number of nitrogens with zero attached hydrogens (tertiary/aromatic N) is 1. The molecule has 3 heteroatoms. The lowest BCUT2D eigenvalue weighted by molar-refractivity contribution is 0.374. The predicted molar refractivity (Wildman–Crippen MR) is 86.7 cm³/mol. The van der Waals surface area contributed by atoms with E-state index in [1.807, 2.05) is 43.3 Å². The third-order valence-corrected chi connectivity index (χ3v) is 4.57. The van der Waals surface area contributed by atoms with Crippen LogP contribution in [0.3, 0.4) is 0 Å². The van der Waals surface area contributed by atoms with Crippen LogP contribution in [0.15, 0.2) is 42.5 Å². The Hall–Kier alpha value is -1.98. The maximum atomic E-state index is 9.26. The summed E-state index contributed by atoms with van der Waals surface area (Å²) in [6, 6.07) is 16.7. The average molecular weight is 297 g/mol. The van der Waals surface area contributed by atoms with Gasteiger partial charge in [0.05, 0.1) is 11.3 Å². The summed E-state index contributed by atoms with van der Waals surface area (Å²) in [4.78, 5) is 0. The molecule has 0 heterocycles. The maximum Gasteiger partial charge on any atom is 0.102 e. The molecule has 0 bridgehead atoms. The molecule has 0 aromatic heterocycles. The second-order valence-electron chi connectivity index (χ2n) is 5.64. The number of nitriles is 1. The first-order chi connectivity index (χ1) is 10.2. The van der Waals surface area contributed by atoms with Crippen molar-refractivity contribution < 1.29 is 0 Å². The summed E-state index contributed by atoms with van der Waals surface area (Å²) >= 11 is 6.24. The molecule has 0 spiro atoms. The molecule has 2 aromatic carbocycles. The van der Waals surface area contributed by atoms with Crippen LogP contribution >= 0.6 is 11.6 Å². The Morgan fingerprint density at radius 3 is 2.62 bits per heavy atom. The predicted octanol–water partition coefficient (Wildman–Crippen LogP) is 4.88. The molecule has 2 nitrogen and oxygen atoms in total. The van der Waals surface area contributed by atoms with Crippen LogP contribution < -0.4 is 5.32 Å². The van der Waals surface area contributed by atoms with E-state index in [2.05, 4.69) is 17.5 Å². The highest BCUT2D eigenvalue weighted by Gasteiger charge is 2.31. The van der Waals surface area contributed by atoms with Gasteiger partial charge in [0, 0.05) is 11.1 Å². The lowest BCUT2D eigenvalue weighted by Crippen LogP contribution is -2.34. The van der Waals surface area contributed by atoms with Crippen LogP contribution in [0, 0.1) is 18.3 Å². The van der Waals surface area contributed by atoms with Gasteiger partial charge in [0.1, 0.15) is 6.07 Å². The molecule has 1 aliphatic carbocycles. The van der Waals surface area contributed by atoms with Gasteiger partial charge in [0.15, 0.2) is 0 Å². The van der Waals surface area contributed by atoms with E-state index in [1.165, 1.54) is 5.56 Å². The summed E-state index contributed by atoms with van der Waals surface area (Å²) in [6.45, 7) is 1.97. The zero-order valence-corrected chi connectivity index (χ0v) is 12.7. The lowest BCUT2D eigenvalue weighted by Gasteiger charge is -2.37. The van der Waals surface area contributed by atoms with Crippen molar-refractivity contribution in [2.75, 3.05) is 5.32 Å². The van der Waals surface area contributed by atoms with Crippen LogP contribution in [0.4, 0.5) is 5.69 Å². The smallest absolute Gasteiger partial charge is 0.102 e. The van der Waals surface area contributed by atoms with Gasteiger partial charge >= 0.3 is 0 Å². The van der Waals surface area contributed by atoms with E-state index in [4.69, 9.17) is 11.6 Å². The summed E-state index contributed by atoms with van der Waals surface area (Å²) in [6.07, 6.45) is 2.12. The normalized spacial score (nSPS) is 20.4. The minimum absolute atomic E-state index is 0.417. The van der Waals surface area contributed by atoms with Crippen molar-refractivity contribution in [3.63, 3.8) is 0 Å². The van der Waals surface area contributed by atoms with Crippen molar-refractivity contribution in [2.24, 2.45) is 0 Å². The summed E-state index contributed by atoms with van der Waals surface area (Å²) in [5.74, 6) is 0.520. The molecule has 21 heavy (non-hydrogen) atoms. The highest BCUT2D eigenvalue weighted by Crippen LogP contribution is 2.41. The minimum Gasteiger partial charge on any atom is -0.381 e. The van der Waals surface area contributed by atoms with E-state index in [9.17, 15) is 5.26 Å². The molecule has 106 valence electrons. The fourth-order valence-corrected chi connectivity index (χ4v) is 3.24. The van der Waals surface area contributed by atoms with E-state index < -0.39 is 0 Å². The van der Waals surface area contributed by atoms with Crippen LogP contribution in [0.1, 0.15) is 35.4 Å². The number of rotatable bonds is 3. The fraction of sp³-hybridized carbons (Fsp3) is 0.278. The summed E-state index contributed by atoms with van der Waals surface area (Å²) in [5, 5.41) is 13.6. The second-order valence-corrected chi connectivity index (χ2v) is 6.05. The Morgan fingerprint density at radius 1 is 1.14 bits per heavy atom.